The summed E-state index contributed by atoms with van der Waals surface area (Å²) in [6.07, 6.45) is 5.45. The van der Waals surface area contributed by atoms with Gasteiger partial charge in [-0.2, -0.15) is 0 Å². The Hall–Kier alpha value is -0.980. The molecule has 100 valence electrons. The zero-order valence-corrected chi connectivity index (χ0v) is 12.2. The van der Waals surface area contributed by atoms with Crippen molar-refractivity contribution in [3.63, 3.8) is 0 Å². The van der Waals surface area contributed by atoms with Crippen LogP contribution in [0.25, 0.3) is 0 Å². The molecule has 1 aliphatic rings. The van der Waals surface area contributed by atoms with Crippen LogP contribution in [0.2, 0.25) is 0 Å². The second-order valence-corrected chi connectivity index (χ2v) is 6.75. The Labute approximate surface area is 112 Å². The van der Waals surface area contributed by atoms with Crippen LogP contribution in [0.4, 0.5) is 0 Å². The molecular weight excluding hydrogens is 220 g/mol. The van der Waals surface area contributed by atoms with Gasteiger partial charge in [-0.1, -0.05) is 45.9 Å². The molecule has 0 amide bonds. The third kappa shape index (κ3) is 3.28. The first kappa shape index (κ1) is 13.5. The van der Waals surface area contributed by atoms with Gasteiger partial charge in [0, 0.05) is 0 Å². The van der Waals surface area contributed by atoms with Gasteiger partial charge >= 0.3 is 0 Å². The second kappa shape index (κ2) is 5.34. The molecule has 2 rings (SSSR count). The fourth-order valence-corrected chi connectivity index (χ4v) is 2.72. The van der Waals surface area contributed by atoms with Crippen LogP contribution in [-0.4, -0.2) is 6.10 Å². The average Bonchev–Trinajstić information content (AvgIpc) is 2.31. The van der Waals surface area contributed by atoms with E-state index in [1.807, 2.05) is 0 Å². The number of hydrogen-bond donors (Lipinski definition) is 0. The Morgan fingerprint density at radius 2 is 1.61 bits per heavy atom. The summed E-state index contributed by atoms with van der Waals surface area (Å²) >= 11 is 0. The molecule has 0 bridgehead atoms. The second-order valence-electron chi connectivity index (χ2n) is 6.75. The molecule has 0 radical (unpaired) electrons. The van der Waals surface area contributed by atoms with Crippen molar-refractivity contribution in [1.82, 2.24) is 0 Å². The summed E-state index contributed by atoms with van der Waals surface area (Å²) in [6, 6.07) is 8.51. The predicted octanol–water partition coefficient (Wildman–Crippen LogP) is 4.94. The molecule has 0 heterocycles. The molecule has 0 aliphatic heterocycles. The summed E-state index contributed by atoms with van der Waals surface area (Å²) in [4.78, 5) is 0. The van der Waals surface area contributed by atoms with Gasteiger partial charge in [-0.3, -0.25) is 0 Å². The molecule has 1 saturated carbocycles. The number of benzene rings is 1. The zero-order valence-electron chi connectivity index (χ0n) is 12.2. The van der Waals surface area contributed by atoms with Crippen LogP contribution >= 0.6 is 0 Å². The van der Waals surface area contributed by atoms with Crippen molar-refractivity contribution in [3.05, 3.63) is 29.8 Å². The standard InChI is InChI=1S/C17H26O/c1-13-9-11-14(12-10-13)18-16-8-6-5-7-15(16)17(2,3)4/h5-8,13-14H,9-12H2,1-4H3. The fraction of sp³-hybridized carbons (Fsp3) is 0.647. The van der Waals surface area contributed by atoms with E-state index in [1.165, 1.54) is 31.2 Å². The first-order valence-electron chi connectivity index (χ1n) is 7.23. The first-order chi connectivity index (χ1) is 8.47. The Bertz CT molecular complexity index is 381. The molecule has 1 aromatic rings. The van der Waals surface area contributed by atoms with Crippen LogP contribution in [-0.2, 0) is 5.41 Å². The van der Waals surface area contributed by atoms with Crippen LogP contribution in [0.5, 0.6) is 5.75 Å². The summed E-state index contributed by atoms with van der Waals surface area (Å²) < 4.78 is 6.26. The van der Waals surface area contributed by atoms with Gasteiger partial charge in [-0.25, -0.2) is 0 Å². The van der Waals surface area contributed by atoms with Crippen LogP contribution in [0.3, 0.4) is 0 Å². The highest BCUT2D eigenvalue weighted by Gasteiger charge is 2.23. The molecule has 1 nitrogen and oxygen atoms in total. The summed E-state index contributed by atoms with van der Waals surface area (Å²) in [5.74, 6) is 1.97. The number of hydrogen-bond acceptors (Lipinski definition) is 1. The van der Waals surface area contributed by atoms with E-state index >= 15 is 0 Å². The molecule has 1 heteroatoms. The quantitative estimate of drug-likeness (QED) is 0.718. The molecule has 1 aromatic carbocycles. The van der Waals surface area contributed by atoms with Gasteiger partial charge in [0.25, 0.3) is 0 Å². The summed E-state index contributed by atoms with van der Waals surface area (Å²) in [7, 11) is 0. The van der Waals surface area contributed by atoms with Gasteiger partial charge in [0.1, 0.15) is 5.75 Å². The lowest BCUT2D eigenvalue weighted by atomic mass is 9.86. The molecule has 0 spiro atoms. The number of ether oxygens (including phenoxy) is 1. The van der Waals surface area contributed by atoms with E-state index in [0.717, 1.165) is 11.7 Å². The van der Waals surface area contributed by atoms with Crippen molar-refractivity contribution in [3.8, 4) is 5.75 Å². The summed E-state index contributed by atoms with van der Waals surface area (Å²) in [6.45, 7) is 9.09. The molecule has 0 unspecified atom stereocenters. The maximum Gasteiger partial charge on any atom is 0.123 e. The number of rotatable bonds is 2. The fourth-order valence-electron chi connectivity index (χ4n) is 2.72. The van der Waals surface area contributed by atoms with Crippen molar-refractivity contribution in [1.29, 1.82) is 0 Å². The minimum Gasteiger partial charge on any atom is -0.490 e. The lowest BCUT2D eigenvalue weighted by molar-refractivity contribution is 0.133. The van der Waals surface area contributed by atoms with E-state index < -0.39 is 0 Å². The molecular formula is C17H26O. The smallest absolute Gasteiger partial charge is 0.123 e. The Morgan fingerprint density at radius 3 is 2.22 bits per heavy atom. The SMILES string of the molecule is CC1CCC(Oc2ccccc2C(C)(C)C)CC1. The van der Waals surface area contributed by atoms with E-state index in [9.17, 15) is 0 Å². The summed E-state index contributed by atoms with van der Waals surface area (Å²) in [5.41, 5.74) is 1.47. The van der Waals surface area contributed by atoms with E-state index in [2.05, 4.69) is 52.0 Å². The Kier molecular flexibility index (Phi) is 3.99. The van der Waals surface area contributed by atoms with Gasteiger partial charge in [-0.05, 0) is 48.6 Å². The first-order valence-corrected chi connectivity index (χ1v) is 7.23. The third-order valence-electron chi connectivity index (χ3n) is 3.95. The monoisotopic (exact) mass is 246 g/mol. The minimum atomic E-state index is 0.151. The lowest BCUT2D eigenvalue weighted by Gasteiger charge is -2.30. The predicted molar refractivity (Wildman–Crippen MR) is 77.2 cm³/mol. The van der Waals surface area contributed by atoms with Crippen LogP contribution in [0, 0.1) is 5.92 Å². The molecule has 1 fully saturated rings. The van der Waals surface area contributed by atoms with Crippen LogP contribution < -0.4 is 4.74 Å². The molecule has 18 heavy (non-hydrogen) atoms. The maximum atomic E-state index is 6.26. The van der Waals surface area contributed by atoms with Gasteiger partial charge in [-0.15, -0.1) is 0 Å². The van der Waals surface area contributed by atoms with E-state index in [4.69, 9.17) is 4.74 Å². The normalized spacial score (nSPS) is 24.9. The minimum absolute atomic E-state index is 0.151. The van der Waals surface area contributed by atoms with Gasteiger partial charge < -0.3 is 4.74 Å². The van der Waals surface area contributed by atoms with Crippen molar-refractivity contribution in [2.75, 3.05) is 0 Å². The molecule has 0 atom stereocenters. The van der Waals surface area contributed by atoms with Crippen molar-refractivity contribution < 1.29 is 4.74 Å². The van der Waals surface area contributed by atoms with E-state index in [-0.39, 0.29) is 5.41 Å². The van der Waals surface area contributed by atoms with E-state index in [1.54, 1.807) is 0 Å². The third-order valence-corrected chi connectivity index (χ3v) is 3.95. The topological polar surface area (TPSA) is 9.23 Å². The van der Waals surface area contributed by atoms with Crippen LogP contribution in [0.1, 0.15) is 58.9 Å². The average molecular weight is 246 g/mol. The largest absolute Gasteiger partial charge is 0.490 e. The highest BCUT2D eigenvalue weighted by Crippen LogP contribution is 2.34. The highest BCUT2D eigenvalue weighted by atomic mass is 16.5. The molecule has 0 N–H and O–H groups in total. The number of para-hydroxylation sites is 1. The highest BCUT2D eigenvalue weighted by molar-refractivity contribution is 5.38. The van der Waals surface area contributed by atoms with Crippen LogP contribution in [0.15, 0.2) is 24.3 Å². The Balaban J connectivity index is 2.10. The summed E-state index contributed by atoms with van der Waals surface area (Å²) in [5, 5.41) is 0. The van der Waals surface area contributed by atoms with E-state index in [0.29, 0.717) is 6.10 Å². The lowest BCUT2D eigenvalue weighted by Crippen LogP contribution is -2.24. The zero-order chi connectivity index (χ0) is 13.2. The molecule has 1 aliphatic carbocycles. The molecule has 0 aromatic heterocycles. The molecule has 0 saturated heterocycles. The van der Waals surface area contributed by atoms with Crippen molar-refractivity contribution >= 4 is 0 Å². The van der Waals surface area contributed by atoms with Crippen molar-refractivity contribution in [2.45, 2.75) is 64.9 Å². The van der Waals surface area contributed by atoms with Gasteiger partial charge in [0.15, 0.2) is 0 Å². The maximum absolute atomic E-state index is 6.26. The van der Waals surface area contributed by atoms with Gasteiger partial charge in [0.05, 0.1) is 6.10 Å². The van der Waals surface area contributed by atoms with Gasteiger partial charge in [0.2, 0.25) is 0 Å². The Morgan fingerprint density at radius 1 is 1.00 bits per heavy atom. The van der Waals surface area contributed by atoms with Crippen molar-refractivity contribution in [2.24, 2.45) is 5.92 Å².